The van der Waals surface area contributed by atoms with E-state index in [1.165, 1.54) is 0 Å². The largest absolute Gasteiger partial charge is 0.394 e. The van der Waals surface area contributed by atoms with Crippen LogP contribution in [0, 0.1) is 18.6 Å². The molecule has 3 nitrogen and oxygen atoms in total. The molecular formula is C14H11ClF2N2O. The summed E-state index contributed by atoms with van der Waals surface area (Å²) in [5.41, 5.74) is 5.64. The summed E-state index contributed by atoms with van der Waals surface area (Å²) >= 11 is 5.97. The van der Waals surface area contributed by atoms with Crippen molar-refractivity contribution >= 4 is 28.9 Å². The lowest BCUT2D eigenvalue weighted by atomic mass is 10.1. The molecule has 104 valence electrons. The molecule has 0 unspecified atom stereocenters. The number of nitrogens with one attached hydrogen (secondary N) is 1. The smallest absolute Gasteiger partial charge is 0.255 e. The predicted molar refractivity (Wildman–Crippen MR) is 74.9 cm³/mol. The molecule has 0 atom stereocenters. The first-order valence-corrected chi connectivity index (χ1v) is 6.08. The lowest BCUT2D eigenvalue weighted by Crippen LogP contribution is -2.13. The van der Waals surface area contributed by atoms with Crippen molar-refractivity contribution in [3.63, 3.8) is 0 Å². The van der Waals surface area contributed by atoms with Crippen molar-refractivity contribution in [3.8, 4) is 0 Å². The maximum absolute atomic E-state index is 13.3. The summed E-state index contributed by atoms with van der Waals surface area (Å²) in [5, 5.41) is 2.82. The molecule has 1 amide bonds. The highest BCUT2D eigenvalue weighted by Crippen LogP contribution is 2.24. The fourth-order valence-corrected chi connectivity index (χ4v) is 1.91. The molecule has 0 bridgehead atoms. The van der Waals surface area contributed by atoms with Crippen LogP contribution in [-0.4, -0.2) is 5.91 Å². The summed E-state index contributed by atoms with van der Waals surface area (Å²) in [6, 6.07) is 6.78. The van der Waals surface area contributed by atoms with Crippen molar-refractivity contribution in [1.82, 2.24) is 0 Å². The van der Waals surface area contributed by atoms with Gasteiger partial charge in [-0.2, -0.15) is 0 Å². The Labute approximate surface area is 119 Å². The normalized spacial score (nSPS) is 10.4. The minimum Gasteiger partial charge on any atom is -0.394 e. The number of halogens is 3. The van der Waals surface area contributed by atoms with E-state index in [4.69, 9.17) is 17.3 Å². The standard InChI is InChI=1S/C14H11ClF2N2O/c1-7-2-3-12(9(15)4-7)19-14(20)8-5-10(16)13(18)11(17)6-8/h2-6H,18H2,1H3,(H,19,20). The van der Waals surface area contributed by atoms with Gasteiger partial charge < -0.3 is 11.1 Å². The van der Waals surface area contributed by atoms with Crippen molar-refractivity contribution in [3.05, 3.63) is 58.1 Å². The minimum absolute atomic E-state index is 0.175. The summed E-state index contributed by atoms with van der Waals surface area (Å²) in [7, 11) is 0. The molecule has 2 aromatic rings. The lowest BCUT2D eigenvalue weighted by molar-refractivity contribution is 0.102. The first-order valence-electron chi connectivity index (χ1n) is 5.70. The van der Waals surface area contributed by atoms with E-state index in [0.29, 0.717) is 10.7 Å². The Morgan fingerprint density at radius 2 is 1.80 bits per heavy atom. The van der Waals surface area contributed by atoms with Gasteiger partial charge in [0.25, 0.3) is 5.91 Å². The molecule has 0 saturated heterocycles. The number of hydrogen-bond acceptors (Lipinski definition) is 2. The fourth-order valence-electron chi connectivity index (χ4n) is 1.63. The Bertz CT molecular complexity index is 666. The topological polar surface area (TPSA) is 55.1 Å². The molecule has 6 heteroatoms. The first-order chi connectivity index (χ1) is 9.38. The van der Waals surface area contributed by atoms with Gasteiger partial charge in [0, 0.05) is 5.56 Å². The van der Waals surface area contributed by atoms with E-state index < -0.39 is 23.2 Å². The second-order valence-electron chi connectivity index (χ2n) is 4.29. The highest BCUT2D eigenvalue weighted by molar-refractivity contribution is 6.34. The molecular weight excluding hydrogens is 286 g/mol. The highest BCUT2D eigenvalue weighted by atomic mass is 35.5. The average Bonchev–Trinajstić information content (AvgIpc) is 2.38. The van der Waals surface area contributed by atoms with Crippen LogP contribution in [0.1, 0.15) is 15.9 Å². The molecule has 0 aliphatic rings. The molecule has 0 aliphatic heterocycles. The van der Waals surface area contributed by atoms with E-state index in [1.54, 1.807) is 18.2 Å². The maximum atomic E-state index is 13.3. The van der Waals surface area contributed by atoms with Crippen molar-refractivity contribution in [2.45, 2.75) is 6.92 Å². The quantitative estimate of drug-likeness (QED) is 0.829. The molecule has 2 aromatic carbocycles. The number of anilines is 2. The zero-order valence-electron chi connectivity index (χ0n) is 10.5. The van der Waals surface area contributed by atoms with Gasteiger partial charge in [-0.25, -0.2) is 8.78 Å². The summed E-state index contributed by atoms with van der Waals surface area (Å²) in [4.78, 5) is 11.9. The van der Waals surface area contributed by atoms with Crippen LogP contribution in [0.4, 0.5) is 20.2 Å². The van der Waals surface area contributed by atoms with Gasteiger partial charge in [-0.05, 0) is 36.8 Å². The summed E-state index contributed by atoms with van der Waals surface area (Å²) in [6.45, 7) is 1.85. The Kier molecular flexibility index (Phi) is 3.90. The number of carbonyl (C=O) groups excluding carboxylic acids is 1. The van der Waals surface area contributed by atoms with Crippen LogP contribution in [0.2, 0.25) is 5.02 Å². The van der Waals surface area contributed by atoms with E-state index >= 15 is 0 Å². The van der Waals surface area contributed by atoms with Gasteiger partial charge in [0.1, 0.15) is 17.3 Å². The van der Waals surface area contributed by atoms with Gasteiger partial charge in [-0.15, -0.1) is 0 Å². The minimum atomic E-state index is -0.981. The monoisotopic (exact) mass is 296 g/mol. The van der Waals surface area contributed by atoms with Crippen LogP contribution in [-0.2, 0) is 0 Å². The Morgan fingerprint density at radius 3 is 2.35 bits per heavy atom. The van der Waals surface area contributed by atoms with E-state index in [0.717, 1.165) is 17.7 Å². The zero-order chi connectivity index (χ0) is 14.9. The van der Waals surface area contributed by atoms with Gasteiger partial charge >= 0.3 is 0 Å². The van der Waals surface area contributed by atoms with Crippen LogP contribution in [0.15, 0.2) is 30.3 Å². The van der Waals surface area contributed by atoms with Crippen LogP contribution in [0.5, 0.6) is 0 Å². The number of benzene rings is 2. The highest BCUT2D eigenvalue weighted by Gasteiger charge is 2.14. The van der Waals surface area contributed by atoms with Gasteiger partial charge in [0.15, 0.2) is 0 Å². The first kappa shape index (κ1) is 14.3. The van der Waals surface area contributed by atoms with E-state index in [9.17, 15) is 13.6 Å². The molecule has 0 fully saturated rings. The summed E-state index contributed by atoms with van der Waals surface area (Å²) in [5.74, 6) is -2.64. The third-order valence-corrected chi connectivity index (χ3v) is 3.03. The fraction of sp³-hybridized carbons (Fsp3) is 0.0714. The van der Waals surface area contributed by atoms with Gasteiger partial charge in [0.05, 0.1) is 10.7 Å². The lowest BCUT2D eigenvalue weighted by Gasteiger charge is -2.09. The van der Waals surface area contributed by atoms with Gasteiger partial charge in [-0.3, -0.25) is 4.79 Å². The van der Waals surface area contributed by atoms with Crippen molar-refractivity contribution in [2.24, 2.45) is 0 Å². The second kappa shape index (κ2) is 5.46. The van der Waals surface area contributed by atoms with Crippen LogP contribution in [0.3, 0.4) is 0 Å². The van der Waals surface area contributed by atoms with Crippen molar-refractivity contribution < 1.29 is 13.6 Å². The summed E-state index contributed by atoms with van der Waals surface area (Å²) in [6.07, 6.45) is 0. The van der Waals surface area contributed by atoms with E-state index in [-0.39, 0.29) is 5.56 Å². The van der Waals surface area contributed by atoms with Crippen molar-refractivity contribution in [1.29, 1.82) is 0 Å². The molecule has 0 saturated carbocycles. The third kappa shape index (κ3) is 2.88. The zero-order valence-corrected chi connectivity index (χ0v) is 11.3. The average molecular weight is 297 g/mol. The number of amides is 1. The molecule has 3 N–H and O–H groups in total. The molecule has 0 radical (unpaired) electrons. The van der Waals surface area contributed by atoms with Crippen LogP contribution >= 0.6 is 11.6 Å². The molecule has 0 heterocycles. The number of carbonyl (C=O) groups is 1. The van der Waals surface area contributed by atoms with Crippen molar-refractivity contribution in [2.75, 3.05) is 11.1 Å². The Balaban J connectivity index is 2.28. The van der Waals surface area contributed by atoms with Crippen LogP contribution in [0.25, 0.3) is 0 Å². The van der Waals surface area contributed by atoms with Crippen LogP contribution < -0.4 is 11.1 Å². The Hall–Kier alpha value is -2.14. The molecule has 0 spiro atoms. The molecule has 20 heavy (non-hydrogen) atoms. The number of nitrogen functional groups attached to an aromatic ring is 1. The SMILES string of the molecule is Cc1ccc(NC(=O)c2cc(F)c(N)c(F)c2)c(Cl)c1. The number of hydrogen-bond donors (Lipinski definition) is 2. The number of rotatable bonds is 2. The van der Waals surface area contributed by atoms with E-state index in [2.05, 4.69) is 5.32 Å². The summed E-state index contributed by atoms with van der Waals surface area (Å²) < 4.78 is 26.6. The molecule has 2 rings (SSSR count). The van der Waals surface area contributed by atoms with E-state index in [1.807, 2.05) is 6.92 Å². The van der Waals surface area contributed by atoms with Gasteiger partial charge in [0.2, 0.25) is 0 Å². The molecule has 0 aromatic heterocycles. The molecule has 0 aliphatic carbocycles. The van der Waals surface area contributed by atoms with Gasteiger partial charge in [-0.1, -0.05) is 17.7 Å². The predicted octanol–water partition coefficient (Wildman–Crippen LogP) is 3.76. The second-order valence-corrected chi connectivity index (χ2v) is 4.70. The number of nitrogens with two attached hydrogens (primary N) is 1. The third-order valence-electron chi connectivity index (χ3n) is 2.71. The number of aryl methyl sites for hydroxylation is 1. The Morgan fingerprint density at radius 1 is 1.20 bits per heavy atom. The maximum Gasteiger partial charge on any atom is 0.255 e.